The van der Waals surface area contributed by atoms with E-state index in [-0.39, 0.29) is 12.1 Å². The summed E-state index contributed by atoms with van der Waals surface area (Å²) in [5.41, 5.74) is 2.03. The minimum atomic E-state index is -0.193. The molecule has 0 aliphatic rings. The lowest BCUT2D eigenvalue weighted by atomic mass is 10.1. The first kappa shape index (κ1) is 18.4. The molecule has 2 amide bonds. The van der Waals surface area contributed by atoms with Crippen molar-refractivity contribution in [3.8, 4) is 0 Å². The Morgan fingerprint density at radius 3 is 2.81 bits per heavy atom. The Morgan fingerprint density at radius 2 is 2.08 bits per heavy atom. The van der Waals surface area contributed by atoms with E-state index in [9.17, 15) is 4.79 Å². The molecule has 2 N–H and O–H groups in total. The highest BCUT2D eigenvalue weighted by atomic mass is 32.1. The number of amides is 2. The first-order valence-electron chi connectivity index (χ1n) is 8.86. The van der Waals surface area contributed by atoms with Gasteiger partial charge >= 0.3 is 6.03 Å². The first-order chi connectivity index (χ1) is 12.7. The zero-order valence-corrected chi connectivity index (χ0v) is 15.9. The lowest BCUT2D eigenvalue weighted by molar-refractivity contribution is 0.210. The quantitative estimate of drug-likeness (QED) is 0.645. The summed E-state index contributed by atoms with van der Waals surface area (Å²) in [6, 6.07) is 9.84. The standard InChI is InChI=1S/C20H24N4OS/c1-3-24(4-2)19(16-9-11-26-14-16)13-22-20(25)23-18-7-5-6-15-12-21-10-8-17(15)18/h5-12,14,19H,3-4,13H2,1-2H3,(H2,22,23,25)/t19-/m1/s1. The van der Waals surface area contributed by atoms with Gasteiger partial charge in [-0.15, -0.1) is 0 Å². The number of carbonyl (C=O) groups excluding carboxylic acids is 1. The second-order valence-electron chi connectivity index (χ2n) is 6.03. The highest BCUT2D eigenvalue weighted by Crippen LogP contribution is 2.23. The third-order valence-electron chi connectivity index (χ3n) is 4.57. The average Bonchev–Trinajstić information content (AvgIpc) is 3.20. The first-order valence-corrected chi connectivity index (χ1v) is 9.81. The third-order valence-corrected chi connectivity index (χ3v) is 5.27. The number of benzene rings is 1. The van der Waals surface area contributed by atoms with E-state index in [0.29, 0.717) is 6.54 Å². The Balaban J connectivity index is 1.68. The largest absolute Gasteiger partial charge is 0.336 e. The van der Waals surface area contributed by atoms with Crippen LogP contribution in [0.25, 0.3) is 10.8 Å². The summed E-state index contributed by atoms with van der Waals surface area (Å²) >= 11 is 1.68. The van der Waals surface area contributed by atoms with Crippen LogP contribution in [0.1, 0.15) is 25.5 Å². The molecule has 1 aromatic carbocycles. The molecule has 0 unspecified atom stereocenters. The number of likely N-dealkylation sites (N-methyl/N-ethyl adjacent to an activating group) is 1. The van der Waals surface area contributed by atoms with E-state index < -0.39 is 0 Å². The van der Waals surface area contributed by atoms with Crippen molar-refractivity contribution in [2.75, 3.05) is 25.0 Å². The number of aromatic nitrogens is 1. The number of fused-ring (bicyclic) bond motifs is 1. The number of hydrogen-bond donors (Lipinski definition) is 2. The topological polar surface area (TPSA) is 57.3 Å². The Labute approximate surface area is 158 Å². The minimum absolute atomic E-state index is 0.179. The van der Waals surface area contributed by atoms with Gasteiger partial charge in [-0.3, -0.25) is 9.88 Å². The van der Waals surface area contributed by atoms with E-state index in [1.807, 2.05) is 24.3 Å². The smallest absolute Gasteiger partial charge is 0.319 e. The van der Waals surface area contributed by atoms with Gasteiger partial charge in [-0.2, -0.15) is 11.3 Å². The molecular weight excluding hydrogens is 344 g/mol. The average molecular weight is 369 g/mol. The molecule has 0 radical (unpaired) electrons. The van der Waals surface area contributed by atoms with Gasteiger partial charge in [-0.1, -0.05) is 26.0 Å². The number of anilines is 1. The molecule has 6 heteroatoms. The van der Waals surface area contributed by atoms with Crippen LogP contribution in [-0.4, -0.2) is 35.5 Å². The molecule has 1 atom stereocenters. The maximum absolute atomic E-state index is 12.5. The SMILES string of the molecule is CCN(CC)[C@H](CNC(=O)Nc1cccc2cnccc12)c1ccsc1. The van der Waals surface area contributed by atoms with Crippen LogP contribution >= 0.6 is 11.3 Å². The molecule has 0 saturated heterocycles. The highest BCUT2D eigenvalue weighted by Gasteiger charge is 2.19. The molecule has 0 aliphatic carbocycles. The molecule has 0 aliphatic heterocycles. The van der Waals surface area contributed by atoms with E-state index in [0.717, 1.165) is 29.5 Å². The van der Waals surface area contributed by atoms with Crippen molar-refractivity contribution in [3.63, 3.8) is 0 Å². The van der Waals surface area contributed by atoms with Gasteiger partial charge in [0.25, 0.3) is 0 Å². The van der Waals surface area contributed by atoms with Gasteiger partial charge in [0, 0.05) is 29.7 Å². The van der Waals surface area contributed by atoms with Gasteiger partial charge in [0.2, 0.25) is 0 Å². The fourth-order valence-electron chi connectivity index (χ4n) is 3.17. The van der Waals surface area contributed by atoms with Crippen molar-refractivity contribution in [2.24, 2.45) is 0 Å². The monoisotopic (exact) mass is 368 g/mol. The van der Waals surface area contributed by atoms with Gasteiger partial charge in [0.15, 0.2) is 0 Å². The van der Waals surface area contributed by atoms with Gasteiger partial charge in [0.1, 0.15) is 0 Å². The minimum Gasteiger partial charge on any atom is -0.336 e. The van der Waals surface area contributed by atoms with Gasteiger partial charge < -0.3 is 10.6 Å². The van der Waals surface area contributed by atoms with Crippen molar-refractivity contribution < 1.29 is 4.79 Å². The van der Waals surface area contributed by atoms with Gasteiger partial charge in [-0.05, 0) is 47.6 Å². The van der Waals surface area contributed by atoms with Crippen LogP contribution in [0.2, 0.25) is 0 Å². The Kier molecular flexibility index (Phi) is 6.20. The third kappa shape index (κ3) is 4.20. The van der Waals surface area contributed by atoms with Crippen LogP contribution in [0, 0.1) is 0 Å². The van der Waals surface area contributed by atoms with Crippen LogP contribution in [0.3, 0.4) is 0 Å². The number of carbonyl (C=O) groups is 1. The molecule has 26 heavy (non-hydrogen) atoms. The molecule has 2 aromatic heterocycles. The summed E-state index contributed by atoms with van der Waals surface area (Å²) in [5.74, 6) is 0. The maximum atomic E-state index is 12.5. The number of hydrogen-bond acceptors (Lipinski definition) is 4. The molecule has 3 aromatic rings. The van der Waals surface area contributed by atoms with Gasteiger partial charge in [-0.25, -0.2) is 4.79 Å². The Bertz CT molecular complexity index is 841. The van der Waals surface area contributed by atoms with Crippen molar-refractivity contribution in [2.45, 2.75) is 19.9 Å². The molecule has 0 saturated carbocycles. The lowest BCUT2D eigenvalue weighted by Gasteiger charge is -2.29. The van der Waals surface area contributed by atoms with E-state index in [2.05, 4.69) is 51.2 Å². The summed E-state index contributed by atoms with van der Waals surface area (Å²) in [5, 5.41) is 12.2. The maximum Gasteiger partial charge on any atom is 0.319 e. The normalized spacial score (nSPS) is 12.3. The zero-order chi connectivity index (χ0) is 18.4. The summed E-state index contributed by atoms with van der Waals surface area (Å²) in [4.78, 5) is 19.0. The predicted molar refractivity (Wildman–Crippen MR) is 109 cm³/mol. The van der Waals surface area contributed by atoms with Gasteiger partial charge in [0.05, 0.1) is 11.7 Å². The van der Waals surface area contributed by atoms with Crippen LogP contribution in [0.5, 0.6) is 0 Å². The number of thiophene rings is 1. The second-order valence-corrected chi connectivity index (χ2v) is 6.81. The lowest BCUT2D eigenvalue weighted by Crippen LogP contribution is -2.39. The van der Waals surface area contributed by atoms with Crippen molar-refractivity contribution in [1.29, 1.82) is 0 Å². The number of rotatable bonds is 7. The number of urea groups is 1. The number of nitrogens with zero attached hydrogens (tertiary/aromatic N) is 2. The Morgan fingerprint density at radius 1 is 1.23 bits per heavy atom. The van der Waals surface area contributed by atoms with Crippen LogP contribution < -0.4 is 10.6 Å². The Hall–Kier alpha value is -2.44. The molecule has 0 fully saturated rings. The summed E-state index contributed by atoms with van der Waals surface area (Å²) in [7, 11) is 0. The second kappa shape index (κ2) is 8.78. The molecule has 136 valence electrons. The summed E-state index contributed by atoms with van der Waals surface area (Å²) in [6.45, 7) is 6.74. The van der Waals surface area contributed by atoms with E-state index in [4.69, 9.17) is 0 Å². The van der Waals surface area contributed by atoms with Crippen LogP contribution in [0.15, 0.2) is 53.5 Å². The van der Waals surface area contributed by atoms with Crippen molar-refractivity contribution >= 4 is 33.8 Å². The summed E-state index contributed by atoms with van der Waals surface area (Å²) < 4.78 is 0. The zero-order valence-electron chi connectivity index (χ0n) is 15.1. The highest BCUT2D eigenvalue weighted by molar-refractivity contribution is 7.07. The predicted octanol–water partition coefficient (Wildman–Crippen LogP) is 4.50. The molecular formula is C20H24N4OS. The fraction of sp³-hybridized carbons (Fsp3) is 0.300. The van der Waals surface area contributed by atoms with E-state index >= 15 is 0 Å². The van der Waals surface area contributed by atoms with Crippen LogP contribution in [0.4, 0.5) is 10.5 Å². The molecule has 3 rings (SSSR count). The van der Waals surface area contributed by atoms with E-state index in [1.165, 1.54) is 5.56 Å². The summed E-state index contributed by atoms with van der Waals surface area (Å²) in [6.07, 6.45) is 3.53. The van der Waals surface area contributed by atoms with Crippen molar-refractivity contribution in [1.82, 2.24) is 15.2 Å². The number of nitrogens with one attached hydrogen (secondary N) is 2. The molecule has 0 spiro atoms. The fourth-order valence-corrected chi connectivity index (χ4v) is 3.88. The number of pyridine rings is 1. The molecule has 0 bridgehead atoms. The molecule has 5 nitrogen and oxygen atoms in total. The molecule has 2 heterocycles. The van der Waals surface area contributed by atoms with Crippen LogP contribution in [-0.2, 0) is 0 Å². The van der Waals surface area contributed by atoms with E-state index in [1.54, 1.807) is 23.7 Å². The van der Waals surface area contributed by atoms with Crippen molar-refractivity contribution in [3.05, 3.63) is 59.0 Å².